The molecule has 0 aliphatic rings. The number of nitrogens with one attached hydrogen (secondary N) is 1. The fourth-order valence-corrected chi connectivity index (χ4v) is 3.23. The summed E-state index contributed by atoms with van der Waals surface area (Å²) in [6.45, 7) is 6.55. The zero-order valence-electron chi connectivity index (χ0n) is 12.2. The minimum Gasteiger partial charge on any atom is -0.352 e. The van der Waals surface area contributed by atoms with Gasteiger partial charge in [0, 0.05) is 27.3 Å². The Kier molecular flexibility index (Phi) is 6.69. The Morgan fingerprint density at radius 2 is 2.00 bits per heavy atom. The van der Waals surface area contributed by atoms with Gasteiger partial charge in [-0.3, -0.25) is 4.79 Å². The molecule has 0 atom stereocenters. The molecule has 0 heterocycles. The molecule has 0 aromatic heterocycles. The van der Waals surface area contributed by atoms with E-state index in [1.807, 2.05) is 0 Å². The Hall–Kier alpha value is -0.590. The zero-order valence-corrected chi connectivity index (χ0v) is 15.4. The lowest BCUT2D eigenvalue weighted by molar-refractivity contribution is 0.0951. The van der Waals surface area contributed by atoms with Crippen molar-refractivity contribution < 1.29 is 13.2 Å². The smallest absolute Gasteiger partial charge is 0.261 e. The fraction of sp³-hybridized carbons (Fsp3) is 0.500. The summed E-state index contributed by atoms with van der Waals surface area (Å²) in [6.07, 6.45) is 1.91. The van der Waals surface area contributed by atoms with Gasteiger partial charge in [0.05, 0.1) is 4.90 Å². The Morgan fingerprint density at radius 3 is 2.52 bits per heavy atom. The fourth-order valence-electron chi connectivity index (χ4n) is 1.84. The van der Waals surface area contributed by atoms with Gasteiger partial charge in [0.25, 0.3) is 15.0 Å². The molecular weight excluding hydrogens is 378 g/mol. The first-order valence-corrected chi connectivity index (χ1v) is 9.76. The van der Waals surface area contributed by atoms with Crippen LogP contribution >= 0.6 is 26.6 Å². The van der Waals surface area contributed by atoms with Crippen molar-refractivity contribution in [1.29, 1.82) is 0 Å². The molecule has 0 spiro atoms. The van der Waals surface area contributed by atoms with Crippen LogP contribution in [0.2, 0.25) is 0 Å². The molecule has 1 aromatic carbocycles. The topological polar surface area (TPSA) is 63.2 Å². The average Bonchev–Trinajstić information content (AvgIpc) is 2.35. The summed E-state index contributed by atoms with van der Waals surface area (Å²) in [4.78, 5) is 12.1. The Morgan fingerprint density at radius 1 is 1.38 bits per heavy atom. The number of amides is 1. The van der Waals surface area contributed by atoms with E-state index in [-0.39, 0.29) is 10.8 Å². The van der Waals surface area contributed by atoms with E-state index in [0.717, 1.165) is 12.8 Å². The van der Waals surface area contributed by atoms with Gasteiger partial charge >= 0.3 is 0 Å². The first kappa shape index (κ1) is 18.5. The summed E-state index contributed by atoms with van der Waals surface area (Å²) in [5.74, 6) is 0.293. The molecule has 0 radical (unpaired) electrons. The summed E-state index contributed by atoms with van der Waals surface area (Å²) in [5.41, 5.74) is 0.994. The van der Waals surface area contributed by atoms with Crippen molar-refractivity contribution in [2.24, 2.45) is 5.92 Å². The molecule has 4 nitrogen and oxygen atoms in total. The molecule has 1 amide bonds. The first-order valence-electron chi connectivity index (χ1n) is 6.66. The molecule has 0 aliphatic carbocycles. The lowest BCUT2D eigenvalue weighted by Crippen LogP contribution is -2.25. The van der Waals surface area contributed by atoms with Crippen LogP contribution in [0.5, 0.6) is 0 Å². The van der Waals surface area contributed by atoms with Crippen molar-refractivity contribution in [3.8, 4) is 0 Å². The van der Waals surface area contributed by atoms with Gasteiger partial charge in [0.1, 0.15) is 0 Å². The number of hydrogen-bond donors (Lipinski definition) is 1. The number of rotatable bonds is 6. The van der Waals surface area contributed by atoms with Gasteiger partial charge < -0.3 is 5.32 Å². The van der Waals surface area contributed by atoms with Crippen molar-refractivity contribution in [3.63, 3.8) is 0 Å². The lowest BCUT2D eigenvalue weighted by Gasteiger charge is -2.11. The molecule has 0 bridgehead atoms. The van der Waals surface area contributed by atoms with E-state index in [1.54, 1.807) is 6.92 Å². The molecule has 1 N–H and O–H groups in total. The highest BCUT2D eigenvalue weighted by atomic mass is 79.9. The molecule has 0 fully saturated rings. The van der Waals surface area contributed by atoms with Crippen molar-refractivity contribution >= 4 is 41.6 Å². The van der Waals surface area contributed by atoms with Crippen LogP contribution < -0.4 is 5.32 Å². The number of benzene rings is 1. The van der Waals surface area contributed by atoms with E-state index in [9.17, 15) is 13.2 Å². The Labute approximate surface area is 138 Å². The van der Waals surface area contributed by atoms with Crippen molar-refractivity contribution in [2.45, 2.75) is 38.5 Å². The molecule has 118 valence electrons. The van der Waals surface area contributed by atoms with Crippen LogP contribution in [-0.2, 0) is 9.05 Å². The van der Waals surface area contributed by atoms with Crippen LogP contribution in [-0.4, -0.2) is 20.9 Å². The van der Waals surface area contributed by atoms with E-state index >= 15 is 0 Å². The second-order valence-corrected chi connectivity index (χ2v) is 8.73. The third-order valence-electron chi connectivity index (χ3n) is 3.09. The average molecular weight is 397 g/mol. The molecule has 1 aromatic rings. The second-order valence-electron chi connectivity index (χ2n) is 5.31. The second kappa shape index (κ2) is 7.61. The molecule has 0 saturated carbocycles. The number of halogens is 2. The molecular formula is C14H19BrClNO3S. The largest absolute Gasteiger partial charge is 0.352 e. The zero-order chi connectivity index (χ0) is 16.2. The predicted molar refractivity (Wildman–Crippen MR) is 88.3 cm³/mol. The van der Waals surface area contributed by atoms with Crippen molar-refractivity contribution in [2.75, 3.05) is 6.54 Å². The summed E-state index contributed by atoms with van der Waals surface area (Å²) >= 11 is 3.26. The molecule has 21 heavy (non-hydrogen) atoms. The molecule has 0 unspecified atom stereocenters. The highest BCUT2D eigenvalue weighted by Crippen LogP contribution is 2.26. The van der Waals surface area contributed by atoms with Crippen LogP contribution in [0, 0.1) is 12.8 Å². The van der Waals surface area contributed by atoms with E-state index in [2.05, 4.69) is 35.1 Å². The van der Waals surface area contributed by atoms with Gasteiger partial charge in [-0.1, -0.05) is 29.8 Å². The van der Waals surface area contributed by atoms with Crippen LogP contribution in [0.25, 0.3) is 0 Å². The van der Waals surface area contributed by atoms with Gasteiger partial charge in [0.2, 0.25) is 0 Å². The van der Waals surface area contributed by atoms with Crippen molar-refractivity contribution in [1.82, 2.24) is 5.32 Å². The maximum atomic E-state index is 12.2. The summed E-state index contributed by atoms with van der Waals surface area (Å²) in [7, 11) is 1.47. The third kappa shape index (κ3) is 5.60. The van der Waals surface area contributed by atoms with Crippen LogP contribution in [0.1, 0.15) is 42.6 Å². The van der Waals surface area contributed by atoms with Gasteiger partial charge in [0.15, 0.2) is 0 Å². The highest BCUT2D eigenvalue weighted by molar-refractivity contribution is 9.10. The van der Waals surface area contributed by atoms with E-state index in [0.29, 0.717) is 28.1 Å². The normalized spacial score (nSPS) is 11.7. The van der Waals surface area contributed by atoms with Gasteiger partial charge in [-0.05, 0) is 43.4 Å². The minimum atomic E-state index is -3.87. The van der Waals surface area contributed by atoms with E-state index in [4.69, 9.17) is 10.7 Å². The number of carbonyl (C=O) groups is 1. The standard InChI is InChI=1S/C14H19BrClNO3S/c1-9(2)5-4-6-17-14(18)12-7-11(21(16,19)20)8-13(15)10(12)3/h7-9H,4-6H2,1-3H3,(H,17,18). The third-order valence-corrected chi connectivity index (χ3v) is 5.24. The Bertz CT molecular complexity index is 629. The SMILES string of the molecule is Cc1c(Br)cc(S(=O)(=O)Cl)cc1C(=O)NCCCC(C)C. The van der Waals surface area contributed by atoms with E-state index in [1.165, 1.54) is 12.1 Å². The van der Waals surface area contributed by atoms with Crippen molar-refractivity contribution in [3.05, 3.63) is 27.7 Å². The summed E-state index contributed by atoms with van der Waals surface area (Å²) < 4.78 is 23.4. The molecule has 1 rings (SSSR count). The minimum absolute atomic E-state index is 0.0889. The van der Waals surface area contributed by atoms with E-state index < -0.39 is 9.05 Å². The first-order chi connectivity index (χ1) is 9.62. The molecule has 0 aliphatic heterocycles. The van der Waals surface area contributed by atoms with Gasteiger partial charge in [-0.25, -0.2) is 8.42 Å². The summed E-state index contributed by atoms with van der Waals surface area (Å²) in [6, 6.07) is 2.70. The van der Waals surface area contributed by atoms with Gasteiger partial charge in [-0.15, -0.1) is 0 Å². The number of hydrogen-bond acceptors (Lipinski definition) is 3. The quantitative estimate of drug-likeness (QED) is 0.587. The van der Waals surface area contributed by atoms with Crippen LogP contribution in [0.15, 0.2) is 21.5 Å². The predicted octanol–water partition coefficient (Wildman–Crippen LogP) is 3.85. The lowest BCUT2D eigenvalue weighted by atomic mass is 10.1. The number of carbonyl (C=O) groups excluding carboxylic acids is 1. The van der Waals surface area contributed by atoms with Crippen LogP contribution in [0.4, 0.5) is 0 Å². The summed E-state index contributed by atoms with van der Waals surface area (Å²) in [5, 5.41) is 2.80. The van der Waals surface area contributed by atoms with Gasteiger partial charge in [-0.2, -0.15) is 0 Å². The maximum Gasteiger partial charge on any atom is 0.261 e. The molecule has 7 heteroatoms. The molecule has 0 saturated heterocycles. The maximum absolute atomic E-state index is 12.2. The highest BCUT2D eigenvalue weighted by Gasteiger charge is 2.18. The van der Waals surface area contributed by atoms with Crippen LogP contribution in [0.3, 0.4) is 0 Å². The monoisotopic (exact) mass is 395 g/mol. The Balaban J connectivity index is 2.91.